The minimum absolute atomic E-state index is 0.0526. The van der Waals surface area contributed by atoms with Gasteiger partial charge in [0.25, 0.3) is 4.06 Å². The van der Waals surface area contributed by atoms with Crippen LogP contribution in [0, 0.1) is 11.8 Å². The molecule has 2 nitrogen and oxygen atoms in total. The lowest BCUT2D eigenvalue weighted by Gasteiger charge is -2.27. The van der Waals surface area contributed by atoms with Crippen LogP contribution < -0.4 is 4.06 Å². The van der Waals surface area contributed by atoms with Gasteiger partial charge >= 0.3 is 0 Å². The summed E-state index contributed by atoms with van der Waals surface area (Å²) in [6.07, 6.45) is 8.95. The predicted molar refractivity (Wildman–Crippen MR) is 97.1 cm³/mol. The summed E-state index contributed by atoms with van der Waals surface area (Å²) in [4.78, 5) is 12.7. The Morgan fingerprint density at radius 2 is 2.09 bits per heavy atom. The predicted octanol–water partition coefficient (Wildman–Crippen LogP) is 5.23. The Bertz CT molecular complexity index is 580. The summed E-state index contributed by atoms with van der Waals surface area (Å²) < 4.78 is 6.28. The molecule has 1 aromatic heterocycles. The molecule has 3 unspecified atom stereocenters. The minimum atomic E-state index is 0.0526. The van der Waals surface area contributed by atoms with E-state index in [2.05, 4.69) is 45.9 Å². The van der Waals surface area contributed by atoms with Gasteiger partial charge in [0.15, 0.2) is 0 Å². The normalized spacial score (nSPS) is 22.9. The van der Waals surface area contributed by atoms with Gasteiger partial charge < -0.3 is 4.74 Å². The highest BCUT2D eigenvalue weighted by molar-refractivity contribution is 7.26. The molecule has 0 bridgehead atoms. The van der Waals surface area contributed by atoms with Crippen LogP contribution in [0.2, 0.25) is 0 Å². The first-order valence-corrected chi connectivity index (χ1v) is 9.81. The molecule has 0 radical (unpaired) electrons. The highest BCUT2D eigenvalue weighted by Gasteiger charge is 2.26. The molecule has 1 heterocycles. The minimum Gasteiger partial charge on any atom is -0.373 e. The van der Waals surface area contributed by atoms with Gasteiger partial charge in [0.05, 0.1) is 6.10 Å². The van der Waals surface area contributed by atoms with Crippen molar-refractivity contribution in [3.63, 3.8) is 0 Å². The van der Waals surface area contributed by atoms with Gasteiger partial charge in [0, 0.05) is 22.8 Å². The van der Waals surface area contributed by atoms with Crippen molar-refractivity contribution in [3.05, 3.63) is 42.9 Å². The average Bonchev–Trinajstić information content (AvgIpc) is 2.92. The molecule has 22 heavy (non-hydrogen) atoms. The zero-order chi connectivity index (χ0) is 16.1. The van der Waals surface area contributed by atoms with E-state index in [1.165, 1.54) is 28.2 Å². The van der Waals surface area contributed by atoms with Gasteiger partial charge in [-0.1, -0.05) is 68.6 Å². The summed E-state index contributed by atoms with van der Waals surface area (Å²) in [6.45, 7) is 9.66. The van der Waals surface area contributed by atoms with Crippen LogP contribution in [0.5, 0.6) is 0 Å². The fraction of sp³-hybridized carbons (Fsp3) is 0.611. The summed E-state index contributed by atoms with van der Waals surface area (Å²) in [5, 5.41) is 2.00. The van der Waals surface area contributed by atoms with Crippen molar-refractivity contribution in [2.75, 3.05) is 6.61 Å². The topological polar surface area (TPSA) is 26.3 Å². The van der Waals surface area contributed by atoms with Crippen LogP contribution >= 0.6 is 22.7 Å². The molecule has 4 heteroatoms. The molecule has 3 atom stereocenters. The average molecular weight is 339 g/mol. The molecule has 0 aliphatic heterocycles. The summed E-state index contributed by atoms with van der Waals surface area (Å²) in [6, 6.07) is 0. The number of hydrogen-bond acceptors (Lipinski definition) is 4. The Morgan fingerprint density at radius 1 is 1.32 bits per heavy atom. The molecular formula is C18H26O2S2. The van der Waals surface area contributed by atoms with E-state index in [1.807, 2.05) is 5.38 Å². The van der Waals surface area contributed by atoms with Crippen molar-refractivity contribution in [2.45, 2.75) is 52.6 Å². The zero-order valence-electron chi connectivity index (χ0n) is 13.9. The fourth-order valence-corrected chi connectivity index (χ4v) is 4.35. The molecule has 1 aliphatic carbocycles. The first-order chi connectivity index (χ1) is 10.5. The molecule has 0 amide bonds. The van der Waals surface area contributed by atoms with Gasteiger partial charge in [-0.05, 0) is 30.3 Å². The first kappa shape index (κ1) is 17.6. The van der Waals surface area contributed by atoms with Gasteiger partial charge in [-0.25, -0.2) is 0 Å². The van der Waals surface area contributed by atoms with E-state index >= 15 is 0 Å². The molecule has 0 spiro atoms. The molecule has 0 aromatic carbocycles. The summed E-state index contributed by atoms with van der Waals surface area (Å²) >= 11 is 2.66. The third-order valence-electron chi connectivity index (χ3n) is 4.19. The van der Waals surface area contributed by atoms with Crippen molar-refractivity contribution in [3.8, 4) is 0 Å². The molecule has 122 valence electrons. The highest BCUT2D eigenvalue weighted by Crippen LogP contribution is 2.34. The number of allylic oxidation sites excluding steroid dienone is 2. The standard InChI is InChI=1S/C18H26O2S2/c1-5-13(4)14-6-7-16(20-9-8-12(2)3)15(10-14)17-11-21-18(19)22-17/h6-7,10-13,15-16H,5,8-9H2,1-4H3. The summed E-state index contributed by atoms with van der Waals surface area (Å²) in [5.74, 6) is 1.38. The van der Waals surface area contributed by atoms with Gasteiger partial charge in [-0.2, -0.15) is 0 Å². The van der Waals surface area contributed by atoms with Crippen molar-refractivity contribution in [1.82, 2.24) is 0 Å². The number of ether oxygens (including phenoxy) is 1. The highest BCUT2D eigenvalue weighted by atomic mass is 32.2. The maximum Gasteiger partial charge on any atom is 0.287 e. The SMILES string of the molecule is CCC(C)C1=CC(c2csc(=O)s2)C(OCCC(C)C)C=C1. The lowest BCUT2D eigenvalue weighted by molar-refractivity contribution is 0.0676. The van der Waals surface area contributed by atoms with Gasteiger partial charge in [-0.3, -0.25) is 4.79 Å². The maximum atomic E-state index is 11.6. The fourth-order valence-electron chi connectivity index (χ4n) is 2.49. The Labute approximate surface area is 141 Å². The quantitative estimate of drug-likeness (QED) is 0.680. The molecule has 1 aromatic rings. The third-order valence-corrected chi connectivity index (χ3v) is 6.24. The molecule has 1 aliphatic rings. The van der Waals surface area contributed by atoms with Gasteiger partial charge in [-0.15, -0.1) is 0 Å². The van der Waals surface area contributed by atoms with Crippen LogP contribution in [0.1, 0.15) is 51.3 Å². The van der Waals surface area contributed by atoms with E-state index in [-0.39, 0.29) is 16.1 Å². The Balaban J connectivity index is 2.17. The van der Waals surface area contributed by atoms with Crippen LogP contribution in [0.4, 0.5) is 0 Å². The lowest BCUT2D eigenvalue weighted by Crippen LogP contribution is -2.23. The van der Waals surface area contributed by atoms with Crippen LogP contribution in [0.3, 0.4) is 0 Å². The second-order valence-corrected chi connectivity index (χ2v) is 8.52. The van der Waals surface area contributed by atoms with E-state index in [0.717, 1.165) is 24.3 Å². The van der Waals surface area contributed by atoms with Crippen LogP contribution in [-0.4, -0.2) is 12.7 Å². The van der Waals surface area contributed by atoms with E-state index in [9.17, 15) is 4.79 Å². The van der Waals surface area contributed by atoms with E-state index in [1.54, 1.807) is 0 Å². The summed E-state index contributed by atoms with van der Waals surface area (Å²) in [7, 11) is 0. The monoisotopic (exact) mass is 338 g/mol. The van der Waals surface area contributed by atoms with E-state index in [0.29, 0.717) is 11.8 Å². The van der Waals surface area contributed by atoms with Gasteiger partial charge in [0.2, 0.25) is 0 Å². The van der Waals surface area contributed by atoms with Crippen LogP contribution in [0.25, 0.3) is 0 Å². The second kappa shape index (κ2) is 8.23. The van der Waals surface area contributed by atoms with Crippen LogP contribution in [0.15, 0.2) is 34.0 Å². The smallest absolute Gasteiger partial charge is 0.287 e. The molecule has 2 rings (SSSR count). The maximum absolute atomic E-state index is 11.6. The van der Waals surface area contributed by atoms with Crippen molar-refractivity contribution in [2.24, 2.45) is 11.8 Å². The lowest BCUT2D eigenvalue weighted by atomic mass is 9.86. The summed E-state index contributed by atoms with van der Waals surface area (Å²) in [5.41, 5.74) is 1.36. The zero-order valence-corrected chi connectivity index (χ0v) is 15.5. The Hall–Kier alpha value is -0.710. The third kappa shape index (κ3) is 4.64. The molecular weight excluding hydrogens is 312 g/mol. The number of rotatable bonds is 7. The second-order valence-electron chi connectivity index (χ2n) is 6.37. The van der Waals surface area contributed by atoms with Crippen molar-refractivity contribution >= 4 is 22.7 Å². The molecule has 0 fully saturated rings. The number of hydrogen-bond donors (Lipinski definition) is 0. The van der Waals surface area contributed by atoms with Gasteiger partial charge in [0.1, 0.15) is 0 Å². The van der Waals surface area contributed by atoms with E-state index < -0.39 is 0 Å². The van der Waals surface area contributed by atoms with Crippen LogP contribution in [-0.2, 0) is 4.74 Å². The molecule has 0 saturated carbocycles. The van der Waals surface area contributed by atoms with E-state index in [4.69, 9.17) is 4.74 Å². The molecule has 0 saturated heterocycles. The Kier molecular flexibility index (Phi) is 6.60. The first-order valence-electron chi connectivity index (χ1n) is 8.11. The van der Waals surface area contributed by atoms with Crippen molar-refractivity contribution < 1.29 is 4.74 Å². The molecule has 0 N–H and O–H groups in total. The largest absolute Gasteiger partial charge is 0.373 e. The van der Waals surface area contributed by atoms with Crippen molar-refractivity contribution in [1.29, 1.82) is 0 Å². The Morgan fingerprint density at radius 3 is 2.68 bits per heavy atom.